The van der Waals surface area contributed by atoms with Crippen molar-refractivity contribution in [2.75, 3.05) is 0 Å². The monoisotopic (exact) mass is 541 g/mol. The van der Waals surface area contributed by atoms with E-state index in [1.165, 1.54) is 27.9 Å². The molecular weight excluding hydrogens is 528 g/mol. The number of fused-ring (bicyclic) bond motifs is 1. The lowest BCUT2D eigenvalue weighted by molar-refractivity contribution is -0.147. The summed E-state index contributed by atoms with van der Waals surface area (Å²) in [4.78, 5) is 15.3. The van der Waals surface area contributed by atoms with E-state index in [1.54, 1.807) is 0 Å². The molecule has 0 aromatic carbocycles. The third-order valence-corrected chi connectivity index (χ3v) is 6.66. The van der Waals surface area contributed by atoms with Gasteiger partial charge in [-0.05, 0) is 25.1 Å². The van der Waals surface area contributed by atoms with Crippen LogP contribution in [0.3, 0.4) is 0 Å². The van der Waals surface area contributed by atoms with Crippen LogP contribution < -0.4 is 4.72 Å². The van der Waals surface area contributed by atoms with Crippen molar-refractivity contribution in [3.8, 4) is 23.3 Å². The first-order chi connectivity index (χ1) is 17.2. The van der Waals surface area contributed by atoms with Gasteiger partial charge in [0.15, 0.2) is 5.82 Å². The van der Waals surface area contributed by atoms with Gasteiger partial charge in [0.2, 0.25) is 10.0 Å². The molecule has 0 saturated carbocycles. The summed E-state index contributed by atoms with van der Waals surface area (Å²) in [6.07, 6.45) is -4.37. The van der Waals surface area contributed by atoms with Crippen molar-refractivity contribution < 1.29 is 34.8 Å². The Morgan fingerprint density at radius 1 is 1.03 bits per heavy atom. The highest BCUT2D eigenvalue weighted by Gasteiger charge is 2.39. The van der Waals surface area contributed by atoms with E-state index in [4.69, 9.17) is 0 Å². The molecule has 0 fully saturated rings. The minimum absolute atomic E-state index is 0.0652. The summed E-state index contributed by atoms with van der Waals surface area (Å²) in [7, 11) is -4.63. The Hall–Kier alpha value is -4.10. The summed E-state index contributed by atoms with van der Waals surface area (Å²) in [6, 6.07) is 2.22. The second kappa shape index (κ2) is 9.09. The molecule has 9 nitrogen and oxygen atoms in total. The quantitative estimate of drug-likeness (QED) is 0.379. The van der Waals surface area contributed by atoms with E-state index < -0.39 is 38.9 Å². The Balaban J connectivity index is 1.91. The maximum absolute atomic E-state index is 13.3. The standard InChI is InChI=1S/C21H13F6N7O2S/c1-11(20(22,23)24)33-37(35,36)13-2-3-16(31-9-13)18-15(7-28)14-6-12(21(25,26)27)8-32-19(14)34(18)17-10-29-4-5-30-17/h2-6,8-11,33H,1H3. The molecule has 0 aliphatic carbocycles. The number of halogens is 6. The van der Waals surface area contributed by atoms with Crippen LogP contribution in [0.25, 0.3) is 28.2 Å². The van der Waals surface area contributed by atoms with Crippen LogP contribution >= 0.6 is 0 Å². The zero-order valence-electron chi connectivity index (χ0n) is 18.4. The van der Waals surface area contributed by atoms with Crippen LogP contribution in [0.2, 0.25) is 0 Å². The van der Waals surface area contributed by atoms with Crippen LogP contribution in [0.1, 0.15) is 18.1 Å². The van der Waals surface area contributed by atoms with Crippen molar-refractivity contribution in [1.82, 2.24) is 29.2 Å². The second-order valence-electron chi connectivity index (χ2n) is 7.59. The maximum Gasteiger partial charge on any atom is 0.417 e. The molecule has 0 bridgehead atoms. The van der Waals surface area contributed by atoms with Crippen molar-refractivity contribution in [1.29, 1.82) is 5.26 Å². The molecule has 16 heteroatoms. The predicted octanol–water partition coefficient (Wildman–Crippen LogP) is 4.00. The number of hydrogen-bond donors (Lipinski definition) is 1. The summed E-state index contributed by atoms with van der Waals surface area (Å²) in [6.45, 7) is 0.625. The number of aromatic nitrogens is 5. The summed E-state index contributed by atoms with van der Waals surface area (Å²) in [5, 5.41) is 9.66. The van der Waals surface area contributed by atoms with E-state index in [9.17, 15) is 40.0 Å². The summed E-state index contributed by atoms with van der Waals surface area (Å²) in [5.74, 6) is 0.0652. The molecule has 4 heterocycles. The van der Waals surface area contributed by atoms with Gasteiger partial charge in [-0.25, -0.2) is 18.4 Å². The molecule has 0 aliphatic heterocycles. The zero-order chi connectivity index (χ0) is 27.2. The Kier molecular flexibility index (Phi) is 6.38. The molecule has 37 heavy (non-hydrogen) atoms. The summed E-state index contributed by atoms with van der Waals surface area (Å²) in [5.41, 5.74) is -1.63. The molecule has 0 spiro atoms. The van der Waals surface area contributed by atoms with E-state index in [2.05, 4.69) is 19.9 Å². The highest BCUT2D eigenvalue weighted by Crippen LogP contribution is 2.37. The van der Waals surface area contributed by atoms with E-state index >= 15 is 0 Å². The topological polar surface area (TPSA) is 126 Å². The van der Waals surface area contributed by atoms with Gasteiger partial charge in [0.05, 0.1) is 28.7 Å². The molecule has 1 atom stereocenters. The molecular formula is C21H13F6N7O2S. The molecule has 4 aromatic heterocycles. The van der Waals surface area contributed by atoms with Gasteiger partial charge >= 0.3 is 12.4 Å². The molecule has 1 N–H and O–H groups in total. The Bertz CT molecular complexity index is 1610. The van der Waals surface area contributed by atoms with E-state index in [0.717, 1.165) is 24.4 Å². The van der Waals surface area contributed by atoms with Gasteiger partial charge < -0.3 is 0 Å². The molecule has 192 valence electrons. The summed E-state index contributed by atoms with van der Waals surface area (Å²) >= 11 is 0. The number of nitriles is 1. The second-order valence-corrected chi connectivity index (χ2v) is 9.31. The number of hydrogen-bond acceptors (Lipinski definition) is 7. The molecule has 0 radical (unpaired) electrons. The van der Waals surface area contributed by atoms with Crippen LogP contribution in [0.15, 0.2) is 54.1 Å². The normalized spacial score (nSPS) is 13.5. The lowest BCUT2D eigenvalue weighted by Gasteiger charge is -2.17. The highest BCUT2D eigenvalue weighted by atomic mass is 32.2. The van der Waals surface area contributed by atoms with E-state index in [1.807, 2.05) is 6.07 Å². The van der Waals surface area contributed by atoms with Crippen molar-refractivity contribution in [3.05, 3.63) is 60.3 Å². The van der Waals surface area contributed by atoms with Gasteiger partial charge in [-0.2, -0.15) is 36.3 Å². The van der Waals surface area contributed by atoms with Crippen LogP contribution in [0.4, 0.5) is 26.3 Å². The lowest BCUT2D eigenvalue weighted by atomic mass is 10.1. The molecule has 0 amide bonds. The van der Waals surface area contributed by atoms with Gasteiger partial charge in [0.1, 0.15) is 22.7 Å². The average Bonchev–Trinajstić information content (AvgIpc) is 3.17. The van der Waals surface area contributed by atoms with Crippen molar-refractivity contribution >= 4 is 21.1 Å². The minimum Gasteiger partial charge on any atom is -0.274 e. The maximum atomic E-state index is 13.3. The molecule has 4 rings (SSSR count). The van der Waals surface area contributed by atoms with E-state index in [-0.39, 0.29) is 33.8 Å². The van der Waals surface area contributed by atoms with Crippen LogP contribution in [-0.2, 0) is 16.2 Å². The van der Waals surface area contributed by atoms with Crippen molar-refractivity contribution in [3.63, 3.8) is 0 Å². The molecule has 0 aliphatic rings. The average molecular weight is 541 g/mol. The van der Waals surface area contributed by atoms with Crippen LogP contribution in [0, 0.1) is 11.3 Å². The number of nitrogens with one attached hydrogen (secondary N) is 1. The van der Waals surface area contributed by atoms with Gasteiger partial charge in [-0.3, -0.25) is 14.5 Å². The fraction of sp³-hybridized carbons (Fsp3) is 0.190. The smallest absolute Gasteiger partial charge is 0.274 e. The van der Waals surface area contributed by atoms with Crippen molar-refractivity contribution in [2.45, 2.75) is 30.2 Å². The fourth-order valence-electron chi connectivity index (χ4n) is 3.35. The third kappa shape index (κ3) is 4.95. The van der Waals surface area contributed by atoms with Gasteiger partial charge in [0.25, 0.3) is 0 Å². The van der Waals surface area contributed by atoms with Gasteiger partial charge in [0, 0.05) is 30.2 Å². The number of rotatable bonds is 5. The fourth-order valence-corrected chi connectivity index (χ4v) is 4.53. The zero-order valence-corrected chi connectivity index (χ0v) is 19.2. The van der Waals surface area contributed by atoms with E-state index in [0.29, 0.717) is 13.1 Å². The van der Waals surface area contributed by atoms with Crippen LogP contribution in [-0.4, -0.2) is 45.1 Å². The Morgan fingerprint density at radius 3 is 2.30 bits per heavy atom. The Labute approximate surface area is 204 Å². The molecule has 0 saturated heterocycles. The van der Waals surface area contributed by atoms with Crippen molar-refractivity contribution in [2.24, 2.45) is 0 Å². The first kappa shape index (κ1) is 26.0. The highest BCUT2D eigenvalue weighted by molar-refractivity contribution is 7.89. The first-order valence-corrected chi connectivity index (χ1v) is 11.6. The van der Waals surface area contributed by atoms with Gasteiger partial charge in [-0.1, -0.05) is 0 Å². The molecule has 4 aromatic rings. The first-order valence-electron chi connectivity index (χ1n) is 10.1. The molecule has 1 unspecified atom stereocenters. The number of alkyl halides is 6. The number of pyridine rings is 2. The number of sulfonamides is 1. The minimum atomic E-state index is -4.83. The lowest BCUT2D eigenvalue weighted by Crippen LogP contribution is -2.42. The largest absolute Gasteiger partial charge is 0.417 e. The summed E-state index contributed by atoms with van der Waals surface area (Å²) < 4.78 is 106. The number of nitrogens with zero attached hydrogens (tertiary/aromatic N) is 6. The SMILES string of the molecule is CC(NS(=O)(=O)c1ccc(-c2c(C#N)c3cc(C(F)(F)F)cnc3n2-c2cnccn2)nc1)C(F)(F)F. The third-order valence-electron chi connectivity index (χ3n) is 5.14. The van der Waals surface area contributed by atoms with Gasteiger partial charge in [-0.15, -0.1) is 0 Å². The predicted molar refractivity (Wildman–Crippen MR) is 115 cm³/mol. The van der Waals surface area contributed by atoms with Crippen LogP contribution in [0.5, 0.6) is 0 Å². The Morgan fingerprint density at radius 2 is 1.76 bits per heavy atom.